The molecule has 1 fully saturated rings. The van der Waals surface area contributed by atoms with Crippen molar-refractivity contribution in [3.05, 3.63) is 78.2 Å². The van der Waals surface area contributed by atoms with E-state index in [1.165, 1.54) is 5.56 Å². The number of hydrogen-bond acceptors (Lipinski definition) is 3. The lowest BCUT2D eigenvalue weighted by molar-refractivity contribution is -0.122. The van der Waals surface area contributed by atoms with Crippen LogP contribution in [0.25, 0.3) is 11.3 Å². The average molecular weight is 403 g/mol. The smallest absolute Gasteiger partial charge is 0.234 e. The number of likely N-dealkylation sites (tertiary alicyclic amines) is 1. The number of imidazole rings is 1. The highest BCUT2D eigenvalue weighted by Gasteiger charge is 2.24. The molecule has 1 aliphatic heterocycles. The number of hydrogen-bond donors (Lipinski definition) is 2. The molecule has 2 N–H and O–H groups in total. The van der Waals surface area contributed by atoms with Gasteiger partial charge >= 0.3 is 0 Å². The van der Waals surface area contributed by atoms with E-state index in [0.717, 1.165) is 62.4 Å². The van der Waals surface area contributed by atoms with E-state index in [9.17, 15) is 4.79 Å². The number of benzene rings is 2. The fourth-order valence-electron chi connectivity index (χ4n) is 4.15. The van der Waals surface area contributed by atoms with Crippen molar-refractivity contribution in [3.8, 4) is 11.3 Å². The Bertz CT molecular complexity index is 923. The van der Waals surface area contributed by atoms with Crippen LogP contribution in [0, 0.1) is 0 Å². The van der Waals surface area contributed by atoms with Gasteiger partial charge in [0.1, 0.15) is 5.82 Å². The molecule has 2 aromatic carbocycles. The van der Waals surface area contributed by atoms with Gasteiger partial charge in [0.2, 0.25) is 5.91 Å². The Labute approximate surface area is 178 Å². The van der Waals surface area contributed by atoms with Crippen molar-refractivity contribution in [2.75, 3.05) is 26.2 Å². The third-order valence-electron chi connectivity index (χ3n) is 5.75. The molecule has 30 heavy (non-hydrogen) atoms. The minimum absolute atomic E-state index is 0.119. The first kappa shape index (κ1) is 20.4. The van der Waals surface area contributed by atoms with Crippen LogP contribution in [0.5, 0.6) is 0 Å². The fraction of sp³-hybridized carbons (Fsp3) is 0.360. The van der Waals surface area contributed by atoms with E-state index in [0.29, 0.717) is 12.5 Å². The number of carbonyl (C=O) groups is 1. The lowest BCUT2D eigenvalue weighted by atomic mass is 9.97. The van der Waals surface area contributed by atoms with E-state index in [2.05, 4.69) is 56.6 Å². The maximum Gasteiger partial charge on any atom is 0.234 e. The van der Waals surface area contributed by atoms with E-state index in [1.807, 2.05) is 30.5 Å². The third kappa shape index (κ3) is 5.57. The molecule has 0 spiro atoms. The van der Waals surface area contributed by atoms with Crippen molar-refractivity contribution in [3.63, 3.8) is 0 Å². The zero-order valence-corrected chi connectivity index (χ0v) is 17.4. The summed E-state index contributed by atoms with van der Waals surface area (Å²) in [4.78, 5) is 22.8. The molecule has 5 nitrogen and oxygen atoms in total. The Morgan fingerprint density at radius 2 is 1.87 bits per heavy atom. The van der Waals surface area contributed by atoms with Crippen LogP contribution in [0.2, 0.25) is 0 Å². The second-order valence-corrected chi connectivity index (χ2v) is 8.06. The molecule has 5 heteroatoms. The summed E-state index contributed by atoms with van der Waals surface area (Å²) in [5.41, 5.74) is 3.52. The summed E-state index contributed by atoms with van der Waals surface area (Å²) in [6.07, 6.45) is 6.08. The lowest BCUT2D eigenvalue weighted by Crippen LogP contribution is -2.42. The largest absolute Gasteiger partial charge is 0.355 e. The first-order valence-corrected chi connectivity index (χ1v) is 10.9. The molecule has 0 aliphatic carbocycles. The van der Waals surface area contributed by atoms with Crippen LogP contribution < -0.4 is 5.32 Å². The van der Waals surface area contributed by atoms with Crippen LogP contribution in [0.3, 0.4) is 0 Å². The van der Waals surface area contributed by atoms with Crippen LogP contribution in [0.4, 0.5) is 0 Å². The van der Waals surface area contributed by atoms with E-state index in [4.69, 9.17) is 0 Å². The predicted molar refractivity (Wildman–Crippen MR) is 120 cm³/mol. The number of rotatable bonds is 8. The Hall–Kier alpha value is -2.92. The van der Waals surface area contributed by atoms with Gasteiger partial charge in [-0.05, 0) is 43.4 Å². The van der Waals surface area contributed by atoms with E-state index >= 15 is 0 Å². The molecule has 1 saturated heterocycles. The number of H-pyrrole nitrogens is 1. The Balaban J connectivity index is 1.23. The highest BCUT2D eigenvalue weighted by Crippen LogP contribution is 2.26. The van der Waals surface area contributed by atoms with Gasteiger partial charge in [0.05, 0.1) is 18.4 Å². The zero-order chi connectivity index (χ0) is 20.6. The topological polar surface area (TPSA) is 61.0 Å². The zero-order valence-electron chi connectivity index (χ0n) is 17.4. The van der Waals surface area contributed by atoms with E-state index in [-0.39, 0.29) is 5.91 Å². The summed E-state index contributed by atoms with van der Waals surface area (Å²) < 4.78 is 0. The normalized spacial score (nSPS) is 17.0. The molecule has 156 valence electrons. The Kier molecular flexibility index (Phi) is 6.93. The van der Waals surface area contributed by atoms with Crippen molar-refractivity contribution in [2.45, 2.75) is 31.6 Å². The van der Waals surface area contributed by atoms with Gasteiger partial charge in [-0.1, -0.05) is 60.7 Å². The quantitative estimate of drug-likeness (QED) is 0.560. The van der Waals surface area contributed by atoms with Crippen molar-refractivity contribution >= 4 is 5.91 Å². The number of aromatic amines is 1. The van der Waals surface area contributed by atoms with Crippen molar-refractivity contribution in [1.29, 1.82) is 0 Å². The molecule has 2 heterocycles. The molecule has 1 atom stereocenters. The number of carbonyl (C=O) groups excluding carboxylic acids is 1. The first-order chi connectivity index (χ1) is 14.8. The van der Waals surface area contributed by atoms with Gasteiger partial charge in [0.25, 0.3) is 0 Å². The SMILES string of the molecule is O=C(CN1CCCC(c2ncc(-c3ccccc3)[nH]2)C1)NCCCc1ccccc1. The van der Waals surface area contributed by atoms with E-state index < -0.39 is 0 Å². The number of aryl methyl sites for hydroxylation is 1. The molecule has 1 amide bonds. The van der Waals surface area contributed by atoms with Crippen LogP contribution in [0.15, 0.2) is 66.9 Å². The number of amides is 1. The van der Waals surface area contributed by atoms with Crippen LogP contribution in [0.1, 0.15) is 36.6 Å². The highest BCUT2D eigenvalue weighted by molar-refractivity contribution is 5.78. The molecular formula is C25H30N4O. The van der Waals surface area contributed by atoms with Gasteiger partial charge in [-0.25, -0.2) is 4.98 Å². The summed E-state index contributed by atoms with van der Waals surface area (Å²) in [6, 6.07) is 20.7. The summed E-state index contributed by atoms with van der Waals surface area (Å²) in [6.45, 7) is 3.04. The van der Waals surface area contributed by atoms with Crippen molar-refractivity contribution in [1.82, 2.24) is 20.2 Å². The third-order valence-corrected chi connectivity index (χ3v) is 5.75. The monoisotopic (exact) mass is 402 g/mol. The van der Waals surface area contributed by atoms with Gasteiger partial charge in [-0.3, -0.25) is 9.69 Å². The Morgan fingerprint density at radius 1 is 1.10 bits per heavy atom. The first-order valence-electron chi connectivity index (χ1n) is 10.9. The number of aromatic nitrogens is 2. The molecule has 4 rings (SSSR count). The molecule has 1 aromatic heterocycles. The summed E-state index contributed by atoms with van der Waals surface area (Å²) in [5.74, 6) is 1.50. The molecule has 1 aliphatic rings. The van der Waals surface area contributed by atoms with Crippen LogP contribution >= 0.6 is 0 Å². The summed E-state index contributed by atoms with van der Waals surface area (Å²) in [7, 11) is 0. The number of piperidine rings is 1. The number of nitrogens with one attached hydrogen (secondary N) is 2. The van der Waals surface area contributed by atoms with Crippen LogP contribution in [-0.4, -0.2) is 47.0 Å². The van der Waals surface area contributed by atoms with Gasteiger partial charge in [0.15, 0.2) is 0 Å². The Morgan fingerprint density at radius 3 is 2.67 bits per heavy atom. The predicted octanol–water partition coefficient (Wildman–Crippen LogP) is 4.01. The molecule has 0 saturated carbocycles. The molecule has 1 unspecified atom stereocenters. The second kappa shape index (κ2) is 10.2. The van der Waals surface area contributed by atoms with Gasteiger partial charge in [-0.2, -0.15) is 0 Å². The maximum absolute atomic E-state index is 12.4. The van der Waals surface area contributed by atoms with Gasteiger partial charge < -0.3 is 10.3 Å². The molecule has 0 radical (unpaired) electrons. The van der Waals surface area contributed by atoms with Gasteiger partial charge in [0, 0.05) is 19.0 Å². The second-order valence-electron chi connectivity index (χ2n) is 8.06. The fourth-order valence-corrected chi connectivity index (χ4v) is 4.15. The molecule has 3 aromatic rings. The lowest BCUT2D eigenvalue weighted by Gasteiger charge is -2.31. The molecular weight excluding hydrogens is 372 g/mol. The van der Waals surface area contributed by atoms with Crippen LogP contribution in [-0.2, 0) is 11.2 Å². The maximum atomic E-state index is 12.4. The van der Waals surface area contributed by atoms with Gasteiger partial charge in [-0.15, -0.1) is 0 Å². The highest BCUT2D eigenvalue weighted by atomic mass is 16.2. The summed E-state index contributed by atoms with van der Waals surface area (Å²) >= 11 is 0. The minimum atomic E-state index is 0.119. The van der Waals surface area contributed by atoms with Crippen molar-refractivity contribution in [2.24, 2.45) is 0 Å². The molecule has 0 bridgehead atoms. The summed E-state index contributed by atoms with van der Waals surface area (Å²) in [5, 5.41) is 3.08. The average Bonchev–Trinajstić information content (AvgIpc) is 3.29. The minimum Gasteiger partial charge on any atom is -0.355 e. The standard InChI is InChI=1S/C25H30N4O/c30-24(26-15-7-11-20-9-3-1-4-10-20)19-29-16-8-14-22(18-29)25-27-17-23(28-25)21-12-5-2-6-13-21/h1-6,9-10,12-13,17,22H,7-8,11,14-16,18-19H2,(H,26,30)(H,27,28). The van der Waals surface area contributed by atoms with E-state index in [1.54, 1.807) is 0 Å². The number of nitrogens with zero attached hydrogens (tertiary/aromatic N) is 2. The van der Waals surface area contributed by atoms with Crippen molar-refractivity contribution < 1.29 is 4.79 Å².